The van der Waals surface area contributed by atoms with Crippen LogP contribution in [0.2, 0.25) is 0 Å². The van der Waals surface area contributed by atoms with Gasteiger partial charge in [0.1, 0.15) is 0 Å². The minimum Gasteiger partial charge on any atom is -0.396 e. The van der Waals surface area contributed by atoms with Crippen LogP contribution in [0.5, 0.6) is 0 Å². The van der Waals surface area contributed by atoms with E-state index in [0.717, 1.165) is 18.4 Å². The van der Waals surface area contributed by atoms with Crippen molar-refractivity contribution in [1.82, 2.24) is 15.6 Å². The fraction of sp³-hybridized carbons (Fsp3) is 0.471. The van der Waals surface area contributed by atoms with Crippen molar-refractivity contribution in [2.24, 2.45) is 0 Å². The molecule has 0 aliphatic rings. The highest BCUT2D eigenvalue weighted by atomic mass is 16.3. The van der Waals surface area contributed by atoms with Crippen LogP contribution in [0.25, 0.3) is 10.9 Å². The van der Waals surface area contributed by atoms with Gasteiger partial charge in [0.2, 0.25) is 0 Å². The molecular formula is C17H25N3O2. The summed E-state index contributed by atoms with van der Waals surface area (Å²) in [5.41, 5.74) is 3.58. The molecule has 1 aromatic heterocycles. The van der Waals surface area contributed by atoms with E-state index in [9.17, 15) is 4.79 Å². The summed E-state index contributed by atoms with van der Waals surface area (Å²) in [6.07, 6.45) is 4.29. The molecule has 120 valence electrons. The van der Waals surface area contributed by atoms with Gasteiger partial charge in [0.15, 0.2) is 0 Å². The Labute approximate surface area is 131 Å². The van der Waals surface area contributed by atoms with Crippen LogP contribution in [0.15, 0.2) is 24.4 Å². The van der Waals surface area contributed by atoms with Crippen LogP contribution in [-0.2, 0) is 6.42 Å². The zero-order chi connectivity index (χ0) is 15.9. The van der Waals surface area contributed by atoms with E-state index in [2.05, 4.69) is 40.7 Å². The van der Waals surface area contributed by atoms with E-state index < -0.39 is 0 Å². The van der Waals surface area contributed by atoms with Crippen LogP contribution < -0.4 is 10.6 Å². The molecule has 0 bridgehead atoms. The van der Waals surface area contributed by atoms with Gasteiger partial charge >= 0.3 is 6.03 Å². The topological polar surface area (TPSA) is 77.2 Å². The van der Waals surface area contributed by atoms with Crippen molar-refractivity contribution in [2.75, 3.05) is 13.2 Å². The third-order valence-corrected chi connectivity index (χ3v) is 3.78. The fourth-order valence-corrected chi connectivity index (χ4v) is 2.56. The number of urea groups is 1. The van der Waals surface area contributed by atoms with Gasteiger partial charge < -0.3 is 20.7 Å². The number of carbonyl (C=O) groups is 1. The molecule has 0 aliphatic carbocycles. The summed E-state index contributed by atoms with van der Waals surface area (Å²) < 4.78 is 0. The van der Waals surface area contributed by atoms with Gasteiger partial charge in [0, 0.05) is 36.3 Å². The first-order chi connectivity index (χ1) is 10.6. The number of H-pyrrole nitrogens is 1. The maximum absolute atomic E-state index is 11.8. The quantitative estimate of drug-likeness (QED) is 0.634. The maximum atomic E-state index is 11.8. The van der Waals surface area contributed by atoms with Crippen LogP contribution in [0.1, 0.15) is 30.9 Å². The Hall–Kier alpha value is -2.01. The third kappa shape index (κ3) is 4.49. The first-order valence-corrected chi connectivity index (χ1v) is 7.82. The van der Waals surface area contributed by atoms with Crippen molar-refractivity contribution in [3.63, 3.8) is 0 Å². The molecule has 1 unspecified atom stereocenters. The fourth-order valence-electron chi connectivity index (χ4n) is 2.56. The molecule has 0 radical (unpaired) electrons. The van der Waals surface area contributed by atoms with Gasteiger partial charge in [-0.1, -0.05) is 12.1 Å². The Morgan fingerprint density at radius 3 is 3.00 bits per heavy atom. The zero-order valence-corrected chi connectivity index (χ0v) is 13.3. The van der Waals surface area contributed by atoms with Crippen LogP contribution in [0.4, 0.5) is 4.79 Å². The van der Waals surface area contributed by atoms with Crippen molar-refractivity contribution < 1.29 is 9.90 Å². The SMILES string of the molecule is Cc1ccc2c(CCNC(=O)NC(C)CCCO)c[nH]c2c1. The summed E-state index contributed by atoms with van der Waals surface area (Å²) >= 11 is 0. The van der Waals surface area contributed by atoms with Crippen molar-refractivity contribution >= 4 is 16.9 Å². The van der Waals surface area contributed by atoms with E-state index >= 15 is 0 Å². The number of fused-ring (bicyclic) bond motifs is 1. The monoisotopic (exact) mass is 303 g/mol. The number of aliphatic hydroxyl groups is 1. The van der Waals surface area contributed by atoms with Gasteiger partial charge in [0.25, 0.3) is 0 Å². The Balaban J connectivity index is 1.79. The molecule has 22 heavy (non-hydrogen) atoms. The standard InChI is InChI=1S/C17H25N3O2/c1-12-5-6-15-14(11-19-16(15)10-12)7-8-18-17(22)20-13(2)4-3-9-21/h5-6,10-11,13,19,21H,3-4,7-9H2,1-2H3,(H2,18,20,22). The van der Waals surface area contributed by atoms with Gasteiger partial charge in [-0.2, -0.15) is 0 Å². The number of rotatable bonds is 7. The summed E-state index contributed by atoms with van der Waals surface area (Å²) in [5.74, 6) is 0. The number of benzene rings is 1. The van der Waals surface area contributed by atoms with Crippen molar-refractivity contribution in [3.8, 4) is 0 Å². The molecule has 0 fully saturated rings. The van der Waals surface area contributed by atoms with Crippen LogP contribution >= 0.6 is 0 Å². The minimum absolute atomic E-state index is 0.0724. The van der Waals surface area contributed by atoms with Gasteiger partial charge in [0.05, 0.1) is 0 Å². The molecule has 0 saturated carbocycles. The van der Waals surface area contributed by atoms with Gasteiger partial charge in [-0.05, 0) is 50.3 Å². The first kappa shape index (κ1) is 16.4. The highest BCUT2D eigenvalue weighted by molar-refractivity contribution is 5.83. The van der Waals surface area contributed by atoms with Crippen LogP contribution in [0, 0.1) is 6.92 Å². The Bertz CT molecular complexity index is 621. The molecule has 2 rings (SSSR count). The van der Waals surface area contributed by atoms with Crippen LogP contribution in [-0.4, -0.2) is 35.3 Å². The number of nitrogens with one attached hydrogen (secondary N) is 3. The second-order valence-electron chi connectivity index (χ2n) is 5.78. The molecular weight excluding hydrogens is 278 g/mol. The lowest BCUT2D eigenvalue weighted by atomic mass is 10.1. The number of amides is 2. The molecule has 0 spiro atoms. The Morgan fingerprint density at radius 1 is 1.41 bits per heavy atom. The molecule has 5 nitrogen and oxygen atoms in total. The number of aliphatic hydroxyl groups excluding tert-OH is 1. The third-order valence-electron chi connectivity index (χ3n) is 3.78. The van der Waals surface area contributed by atoms with E-state index in [1.807, 2.05) is 13.1 Å². The summed E-state index contributed by atoms with van der Waals surface area (Å²) in [7, 11) is 0. The number of hydrogen-bond donors (Lipinski definition) is 4. The molecule has 0 saturated heterocycles. The largest absolute Gasteiger partial charge is 0.396 e. The van der Waals surface area contributed by atoms with Gasteiger partial charge in [-0.25, -0.2) is 4.79 Å². The average Bonchev–Trinajstić information content (AvgIpc) is 2.87. The van der Waals surface area contributed by atoms with E-state index in [1.54, 1.807) is 0 Å². The number of aromatic nitrogens is 1. The normalized spacial score (nSPS) is 12.3. The Morgan fingerprint density at radius 2 is 2.23 bits per heavy atom. The number of carbonyl (C=O) groups excluding carboxylic acids is 1. The molecule has 1 heterocycles. The highest BCUT2D eigenvalue weighted by Gasteiger charge is 2.07. The molecule has 5 heteroatoms. The smallest absolute Gasteiger partial charge is 0.315 e. The molecule has 2 aromatic rings. The molecule has 1 atom stereocenters. The predicted octanol–water partition coefficient (Wildman–Crippen LogP) is 2.48. The molecule has 1 aromatic carbocycles. The molecule has 0 aliphatic heterocycles. The summed E-state index contributed by atoms with van der Waals surface area (Å²) in [6.45, 7) is 4.77. The van der Waals surface area contributed by atoms with E-state index in [1.165, 1.54) is 16.5 Å². The van der Waals surface area contributed by atoms with Crippen molar-refractivity contribution in [3.05, 3.63) is 35.5 Å². The maximum Gasteiger partial charge on any atom is 0.315 e. The van der Waals surface area contributed by atoms with E-state index in [0.29, 0.717) is 13.0 Å². The summed E-state index contributed by atoms with van der Waals surface area (Å²) in [5, 5.41) is 15.7. The highest BCUT2D eigenvalue weighted by Crippen LogP contribution is 2.19. The number of hydrogen-bond acceptors (Lipinski definition) is 2. The summed E-state index contributed by atoms with van der Waals surface area (Å²) in [4.78, 5) is 15.0. The Kier molecular flexibility index (Phi) is 5.83. The average molecular weight is 303 g/mol. The number of aryl methyl sites for hydroxylation is 1. The zero-order valence-electron chi connectivity index (χ0n) is 13.3. The first-order valence-electron chi connectivity index (χ1n) is 7.82. The molecule has 4 N–H and O–H groups in total. The van der Waals surface area contributed by atoms with E-state index in [-0.39, 0.29) is 18.7 Å². The summed E-state index contributed by atoms with van der Waals surface area (Å²) in [6, 6.07) is 6.27. The molecule has 2 amide bonds. The van der Waals surface area contributed by atoms with Crippen LogP contribution in [0.3, 0.4) is 0 Å². The van der Waals surface area contributed by atoms with Crippen molar-refractivity contribution in [1.29, 1.82) is 0 Å². The minimum atomic E-state index is -0.152. The lowest BCUT2D eigenvalue weighted by Gasteiger charge is -2.13. The number of aromatic amines is 1. The van der Waals surface area contributed by atoms with E-state index in [4.69, 9.17) is 5.11 Å². The van der Waals surface area contributed by atoms with Gasteiger partial charge in [-0.3, -0.25) is 0 Å². The lowest BCUT2D eigenvalue weighted by molar-refractivity contribution is 0.234. The second kappa shape index (κ2) is 7.84. The van der Waals surface area contributed by atoms with Gasteiger partial charge in [-0.15, -0.1) is 0 Å². The lowest BCUT2D eigenvalue weighted by Crippen LogP contribution is -2.41. The predicted molar refractivity (Wildman–Crippen MR) is 89.1 cm³/mol. The second-order valence-corrected chi connectivity index (χ2v) is 5.78. The van der Waals surface area contributed by atoms with Crippen molar-refractivity contribution in [2.45, 2.75) is 39.2 Å².